The fraction of sp³-hybridized carbons (Fsp3) is 0.611. The summed E-state index contributed by atoms with van der Waals surface area (Å²) < 4.78 is 11.6. The Kier molecular flexibility index (Phi) is 4.67. The van der Waals surface area contributed by atoms with E-state index in [-0.39, 0.29) is 15.5 Å². The first-order valence-electron chi connectivity index (χ1n) is 8.15. The third kappa shape index (κ3) is 3.26. The van der Waals surface area contributed by atoms with Crippen molar-refractivity contribution >= 4 is 28.6 Å². The lowest BCUT2D eigenvalue weighted by atomic mass is 9.85. The number of alkyl halides is 1. The van der Waals surface area contributed by atoms with Crippen LogP contribution < -0.4 is 9.47 Å². The smallest absolute Gasteiger partial charge is 0.324 e. The summed E-state index contributed by atoms with van der Waals surface area (Å²) in [7, 11) is 0. The zero-order chi connectivity index (χ0) is 15.7. The van der Waals surface area contributed by atoms with E-state index in [9.17, 15) is 4.79 Å². The average Bonchev–Trinajstić information content (AvgIpc) is 3.08. The van der Waals surface area contributed by atoms with Crippen LogP contribution in [0, 0.1) is 11.8 Å². The highest BCUT2D eigenvalue weighted by Gasteiger charge is 2.49. The molecule has 4 atom stereocenters. The molecule has 2 aliphatic rings. The van der Waals surface area contributed by atoms with E-state index in [1.165, 1.54) is 25.7 Å². The number of carbonyl (C=O) groups excluding carboxylic acids is 1. The number of fused-ring (bicyclic) bond motifs is 2. The Morgan fingerprint density at radius 1 is 1.32 bits per heavy atom. The van der Waals surface area contributed by atoms with Crippen molar-refractivity contribution in [1.29, 1.82) is 0 Å². The molecule has 3 rings (SSSR count). The van der Waals surface area contributed by atoms with E-state index in [0.29, 0.717) is 11.7 Å². The first-order valence-corrected chi connectivity index (χ1v) is 9.39. The summed E-state index contributed by atoms with van der Waals surface area (Å²) in [6.07, 6.45) is 5.93. The summed E-state index contributed by atoms with van der Waals surface area (Å²) in [5, 5.41) is 0. The monoisotopic (exact) mass is 414 g/mol. The van der Waals surface area contributed by atoms with Gasteiger partial charge < -0.3 is 9.47 Å². The Hall–Kier alpha value is -0.780. The van der Waals surface area contributed by atoms with Gasteiger partial charge in [-0.3, -0.25) is 4.79 Å². The van der Waals surface area contributed by atoms with Gasteiger partial charge in [-0.05, 0) is 75.1 Å². The molecule has 2 fully saturated rings. The van der Waals surface area contributed by atoms with Gasteiger partial charge in [-0.15, -0.1) is 0 Å². The number of hydrogen-bond donors (Lipinski definition) is 0. The summed E-state index contributed by atoms with van der Waals surface area (Å²) in [6.45, 7) is 4.22. The van der Waals surface area contributed by atoms with Crippen LogP contribution in [0.5, 0.6) is 11.5 Å². The first-order chi connectivity index (χ1) is 10.5. The van der Waals surface area contributed by atoms with Gasteiger partial charge in [0.15, 0.2) is 0 Å². The number of carbonyl (C=O) groups is 1. The Morgan fingerprint density at radius 3 is 2.55 bits per heavy atom. The van der Waals surface area contributed by atoms with Crippen LogP contribution in [0.2, 0.25) is 0 Å². The van der Waals surface area contributed by atoms with Crippen molar-refractivity contribution in [2.75, 3.05) is 0 Å². The summed E-state index contributed by atoms with van der Waals surface area (Å²) in [6, 6.07) is 7.47. The van der Waals surface area contributed by atoms with Crippen molar-refractivity contribution in [2.45, 2.75) is 55.5 Å². The molecular weight excluding hydrogens is 391 g/mol. The van der Waals surface area contributed by atoms with Crippen molar-refractivity contribution in [1.82, 2.24) is 0 Å². The third-order valence-corrected chi connectivity index (χ3v) is 6.50. The minimum absolute atomic E-state index is 0.0172. The molecule has 0 aliphatic heterocycles. The lowest BCUT2D eigenvalue weighted by Crippen LogP contribution is -2.38. The van der Waals surface area contributed by atoms with E-state index in [1.54, 1.807) is 0 Å². The molecule has 4 unspecified atom stereocenters. The van der Waals surface area contributed by atoms with Crippen LogP contribution in [0.25, 0.3) is 0 Å². The minimum Gasteiger partial charge on any atom is -0.487 e. The van der Waals surface area contributed by atoms with Crippen LogP contribution in [0.15, 0.2) is 24.3 Å². The molecule has 2 aliphatic carbocycles. The zero-order valence-corrected chi connectivity index (χ0v) is 15.3. The van der Waals surface area contributed by atoms with E-state index in [4.69, 9.17) is 9.47 Å². The predicted molar refractivity (Wildman–Crippen MR) is 94.7 cm³/mol. The molecule has 3 nitrogen and oxygen atoms in total. The Balaban J connectivity index is 1.61. The van der Waals surface area contributed by atoms with Crippen LogP contribution in [-0.4, -0.2) is 15.5 Å². The number of ether oxygens (including phenoxy) is 2. The molecule has 22 heavy (non-hydrogen) atoms. The Bertz CT molecular complexity index is 542. The number of esters is 1. The summed E-state index contributed by atoms with van der Waals surface area (Å²) in [4.78, 5) is 11.8. The van der Waals surface area contributed by atoms with Crippen molar-refractivity contribution in [3.63, 3.8) is 0 Å². The second-order valence-corrected chi connectivity index (χ2v) is 8.27. The zero-order valence-electron chi connectivity index (χ0n) is 13.2. The Labute approximate surface area is 145 Å². The van der Waals surface area contributed by atoms with Gasteiger partial charge in [-0.1, -0.05) is 29.5 Å². The highest BCUT2D eigenvalue weighted by molar-refractivity contribution is 14.1. The van der Waals surface area contributed by atoms with Crippen LogP contribution in [0.1, 0.15) is 46.0 Å². The lowest BCUT2D eigenvalue weighted by molar-refractivity contribution is -0.133. The second kappa shape index (κ2) is 6.38. The number of rotatable bonds is 5. The van der Waals surface area contributed by atoms with Gasteiger partial charge in [0.25, 0.3) is 0 Å². The largest absolute Gasteiger partial charge is 0.487 e. The highest BCUT2D eigenvalue weighted by Crippen LogP contribution is 2.52. The van der Waals surface area contributed by atoms with Crippen molar-refractivity contribution in [2.24, 2.45) is 11.8 Å². The molecule has 120 valence electrons. The van der Waals surface area contributed by atoms with Gasteiger partial charge in [-0.2, -0.15) is 0 Å². The molecule has 2 bridgehead atoms. The van der Waals surface area contributed by atoms with Gasteiger partial charge in [0, 0.05) is 0 Å². The lowest BCUT2D eigenvalue weighted by Gasteiger charge is -2.34. The third-order valence-electron chi connectivity index (χ3n) is 5.11. The van der Waals surface area contributed by atoms with Gasteiger partial charge in [0.05, 0.1) is 0 Å². The molecule has 2 saturated carbocycles. The highest BCUT2D eigenvalue weighted by atomic mass is 127. The molecule has 0 radical (unpaired) electrons. The predicted octanol–water partition coefficient (Wildman–Crippen LogP) is 4.76. The number of benzene rings is 1. The summed E-state index contributed by atoms with van der Waals surface area (Å²) in [5.74, 6) is 2.82. The molecule has 0 saturated heterocycles. The number of halogens is 1. The molecule has 0 N–H and O–H groups in total. The van der Waals surface area contributed by atoms with E-state index in [2.05, 4.69) is 29.5 Å². The quantitative estimate of drug-likeness (QED) is 0.302. The topological polar surface area (TPSA) is 35.5 Å². The van der Waals surface area contributed by atoms with Crippen molar-refractivity contribution in [3.05, 3.63) is 24.3 Å². The molecule has 0 amide bonds. The molecular formula is C18H23IO3. The maximum absolute atomic E-state index is 11.8. The first kappa shape index (κ1) is 16.1. The van der Waals surface area contributed by atoms with E-state index in [1.807, 2.05) is 31.2 Å². The van der Waals surface area contributed by atoms with E-state index >= 15 is 0 Å². The molecule has 1 aromatic carbocycles. The second-order valence-electron chi connectivity index (χ2n) is 6.76. The number of hydrogen-bond acceptors (Lipinski definition) is 3. The molecule has 1 aromatic rings. The minimum atomic E-state index is -0.183. The van der Waals surface area contributed by atoms with Crippen LogP contribution in [-0.2, 0) is 4.79 Å². The van der Waals surface area contributed by atoms with Gasteiger partial charge in [-0.25, -0.2) is 0 Å². The maximum atomic E-state index is 11.8. The molecule has 4 heteroatoms. The van der Waals surface area contributed by atoms with Crippen molar-refractivity contribution in [3.8, 4) is 11.5 Å². The van der Waals surface area contributed by atoms with Crippen LogP contribution in [0.4, 0.5) is 0 Å². The maximum Gasteiger partial charge on any atom is 0.324 e. The normalized spacial score (nSPS) is 31.0. The van der Waals surface area contributed by atoms with Gasteiger partial charge in [0.1, 0.15) is 21.0 Å². The average molecular weight is 414 g/mol. The van der Waals surface area contributed by atoms with E-state index < -0.39 is 0 Å². The fourth-order valence-electron chi connectivity index (χ4n) is 3.87. The standard InChI is InChI=1S/C18H23IO3/c1-3-16(19)17(20)21-14-6-8-15(9-7-14)22-18(2)11-12-4-5-13(18)10-12/h6-9,12-13,16H,3-5,10-11H2,1-2H3. The van der Waals surface area contributed by atoms with E-state index in [0.717, 1.165) is 18.1 Å². The van der Waals surface area contributed by atoms with Crippen molar-refractivity contribution < 1.29 is 14.3 Å². The molecule has 0 spiro atoms. The Morgan fingerprint density at radius 2 is 2.00 bits per heavy atom. The van der Waals surface area contributed by atoms with Gasteiger partial charge >= 0.3 is 5.97 Å². The SMILES string of the molecule is CCC(I)C(=O)Oc1ccc(OC2(C)CC3CCC2C3)cc1. The summed E-state index contributed by atoms with van der Waals surface area (Å²) >= 11 is 2.11. The van der Waals surface area contributed by atoms with Gasteiger partial charge in [0.2, 0.25) is 0 Å². The van der Waals surface area contributed by atoms with Crippen LogP contribution >= 0.6 is 22.6 Å². The summed E-state index contributed by atoms with van der Waals surface area (Å²) in [5.41, 5.74) is -0.0172. The molecule has 0 heterocycles. The molecule has 0 aromatic heterocycles. The van der Waals surface area contributed by atoms with Crippen LogP contribution in [0.3, 0.4) is 0 Å². The fourth-order valence-corrected chi connectivity index (χ4v) is 4.00.